The highest BCUT2D eigenvalue weighted by molar-refractivity contribution is 7.99. The number of hydrogen-bond acceptors (Lipinski definition) is 2. The van der Waals surface area contributed by atoms with Crippen molar-refractivity contribution in [3.63, 3.8) is 0 Å². The van der Waals surface area contributed by atoms with Crippen LogP contribution in [0.2, 0.25) is 5.02 Å². The summed E-state index contributed by atoms with van der Waals surface area (Å²) < 4.78 is 0. The lowest BCUT2D eigenvalue weighted by Crippen LogP contribution is -1.95. The Morgan fingerprint density at radius 3 is 2.54 bits per heavy atom. The molecular formula is C9H9ClO2S. The molecule has 1 rings (SSSR count). The molecule has 0 bridgehead atoms. The molecule has 13 heavy (non-hydrogen) atoms. The quantitative estimate of drug-likeness (QED) is 0.787. The van der Waals surface area contributed by atoms with Gasteiger partial charge < -0.3 is 5.11 Å². The van der Waals surface area contributed by atoms with E-state index >= 15 is 0 Å². The average Bonchev–Trinajstić information content (AvgIpc) is 2.08. The van der Waals surface area contributed by atoms with Crippen molar-refractivity contribution < 1.29 is 9.90 Å². The molecule has 0 saturated heterocycles. The maximum atomic E-state index is 10.2. The van der Waals surface area contributed by atoms with Crippen LogP contribution in [0.4, 0.5) is 0 Å². The van der Waals surface area contributed by atoms with Gasteiger partial charge in [-0.2, -0.15) is 0 Å². The molecule has 0 saturated carbocycles. The molecule has 0 unspecified atom stereocenters. The maximum Gasteiger partial charge on any atom is 0.304 e. The smallest absolute Gasteiger partial charge is 0.304 e. The number of thioether (sulfide) groups is 1. The Labute approximate surface area is 85.9 Å². The summed E-state index contributed by atoms with van der Waals surface area (Å²) in [6.07, 6.45) is 0.188. The van der Waals surface area contributed by atoms with Crippen LogP contribution in [-0.2, 0) is 4.79 Å². The fourth-order valence-electron chi connectivity index (χ4n) is 0.787. The van der Waals surface area contributed by atoms with Crippen LogP contribution in [0, 0.1) is 0 Å². The zero-order valence-corrected chi connectivity index (χ0v) is 8.44. The zero-order valence-electron chi connectivity index (χ0n) is 6.87. The third-order valence-corrected chi connectivity index (χ3v) is 2.66. The minimum atomic E-state index is -0.763. The van der Waals surface area contributed by atoms with Gasteiger partial charge in [0.2, 0.25) is 0 Å². The van der Waals surface area contributed by atoms with Crippen LogP contribution >= 0.6 is 23.4 Å². The second-order valence-corrected chi connectivity index (χ2v) is 4.05. The molecule has 2 nitrogen and oxygen atoms in total. The molecule has 0 atom stereocenters. The minimum absolute atomic E-state index is 0.188. The molecule has 70 valence electrons. The molecule has 0 aromatic heterocycles. The number of carbonyl (C=O) groups is 1. The molecule has 0 aliphatic heterocycles. The summed E-state index contributed by atoms with van der Waals surface area (Å²) >= 11 is 7.21. The SMILES string of the molecule is O=C(O)CCSc1ccc(Cl)cc1. The Balaban J connectivity index is 2.37. The van der Waals surface area contributed by atoms with Crippen LogP contribution in [0.1, 0.15) is 6.42 Å². The Kier molecular flexibility index (Phi) is 4.12. The molecule has 0 aliphatic carbocycles. The van der Waals surface area contributed by atoms with Crippen molar-refractivity contribution in [3.05, 3.63) is 29.3 Å². The molecule has 1 aromatic rings. The van der Waals surface area contributed by atoms with Gasteiger partial charge in [0.1, 0.15) is 0 Å². The molecule has 1 aromatic carbocycles. The third-order valence-electron chi connectivity index (χ3n) is 1.40. The average molecular weight is 217 g/mol. The number of benzene rings is 1. The number of rotatable bonds is 4. The summed E-state index contributed by atoms with van der Waals surface area (Å²) in [6, 6.07) is 7.36. The first-order valence-corrected chi connectivity index (χ1v) is 5.15. The molecule has 0 aliphatic rings. The summed E-state index contributed by atoms with van der Waals surface area (Å²) in [6.45, 7) is 0. The molecule has 0 heterocycles. The van der Waals surface area contributed by atoms with Gasteiger partial charge in [0, 0.05) is 15.7 Å². The molecule has 4 heteroatoms. The van der Waals surface area contributed by atoms with Gasteiger partial charge in [-0.3, -0.25) is 4.79 Å². The van der Waals surface area contributed by atoms with E-state index < -0.39 is 5.97 Å². The zero-order chi connectivity index (χ0) is 9.68. The van der Waals surface area contributed by atoms with Crippen molar-refractivity contribution in [1.29, 1.82) is 0 Å². The van der Waals surface area contributed by atoms with Crippen molar-refractivity contribution in [2.24, 2.45) is 0 Å². The monoisotopic (exact) mass is 216 g/mol. The van der Waals surface area contributed by atoms with E-state index in [1.54, 1.807) is 12.1 Å². The summed E-state index contributed by atoms with van der Waals surface area (Å²) in [5, 5.41) is 9.10. The number of halogens is 1. The molecule has 1 N–H and O–H groups in total. The van der Waals surface area contributed by atoms with Gasteiger partial charge in [-0.05, 0) is 24.3 Å². The van der Waals surface area contributed by atoms with Gasteiger partial charge in [0.15, 0.2) is 0 Å². The second kappa shape index (κ2) is 5.14. The van der Waals surface area contributed by atoms with Gasteiger partial charge in [-0.25, -0.2) is 0 Å². The predicted molar refractivity (Wildman–Crippen MR) is 54.4 cm³/mol. The van der Waals surface area contributed by atoms with Gasteiger partial charge in [0.25, 0.3) is 0 Å². The van der Waals surface area contributed by atoms with Gasteiger partial charge in [-0.15, -0.1) is 11.8 Å². The summed E-state index contributed by atoms with van der Waals surface area (Å²) in [5.74, 6) is -0.168. The van der Waals surface area contributed by atoms with Gasteiger partial charge in [0.05, 0.1) is 6.42 Å². The highest BCUT2D eigenvalue weighted by Gasteiger charge is 1.98. The first-order valence-electron chi connectivity index (χ1n) is 3.78. The van der Waals surface area contributed by atoms with Gasteiger partial charge in [-0.1, -0.05) is 11.6 Å². The number of carboxylic acids is 1. The standard InChI is InChI=1S/C9H9ClO2S/c10-7-1-3-8(4-2-7)13-6-5-9(11)12/h1-4H,5-6H2,(H,11,12). The normalized spacial score (nSPS) is 9.92. The van der Waals surface area contributed by atoms with E-state index in [-0.39, 0.29) is 6.42 Å². The van der Waals surface area contributed by atoms with E-state index in [1.165, 1.54) is 11.8 Å². The molecule has 0 amide bonds. The van der Waals surface area contributed by atoms with Crippen molar-refractivity contribution in [1.82, 2.24) is 0 Å². The topological polar surface area (TPSA) is 37.3 Å². The van der Waals surface area contributed by atoms with Crippen LogP contribution in [0.25, 0.3) is 0 Å². The Morgan fingerprint density at radius 1 is 1.38 bits per heavy atom. The lowest BCUT2D eigenvalue weighted by molar-refractivity contribution is -0.136. The van der Waals surface area contributed by atoms with E-state index in [9.17, 15) is 4.79 Å². The number of hydrogen-bond donors (Lipinski definition) is 1. The summed E-state index contributed by atoms with van der Waals surface area (Å²) in [5.41, 5.74) is 0. The Bertz CT molecular complexity index is 284. The van der Waals surface area contributed by atoms with E-state index in [2.05, 4.69) is 0 Å². The third kappa shape index (κ3) is 4.20. The molecule has 0 spiro atoms. The lowest BCUT2D eigenvalue weighted by atomic mass is 10.4. The molecule has 0 radical (unpaired) electrons. The van der Waals surface area contributed by atoms with Crippen molar-refractivity contribution >= 4 is 29.3 Å². The number of carboxylic acid groups (broad SMARTS) is 1. The maximum absolute atomic E-state index is 10.2. The van der Waals surface area contributed by atoms with Gasteiger partial charge >= 0.3 is 5.97 Å². The van der Waals surface area contributed by atoms with Crippen molar-refractivity contribution in [3.8, 4) is 0 Å². The fraction of sp³-hybridized carbons (Fsp3) is 0.222. The summed E-state index contributed by atoms with van der Waals surface area (Å²) in [7, 11) is 0. The van der Waals surface area contributed by atoms with Crippen LogP contribution in [0.5, 0.6) is 0 Å². The molecular weight excluding hydrogens is 208 g/mol. The van der Waals surface area contributed by atoms with E-state index in [4.69, 9.17) is 16.7 Å². The lowest BCUT2D eigenvalue weighted by Gasteiger charge is -1.98. The van der Waals surface area contributed by atoms with E-state index in [0.29, 0.717) is 10.8 Å². The number of aliphatic carboxylic acids is 1. The van der Waals surface area contributed by atoms with Crippen molar-refractivity contribution in [2.75, 3.05) is 5.75 Å². The van der Waals surface area contributed by atoms with E-state index in [1.807, 2.05) is 12.1 Å². The predicted octanol–water partition coefficient (Wildman–Crippen LogP) is 2.91. The Hall–Kier alpha value is -0.670. The van der Waals surface area contributed by atoms with Crippen LogP contribution in [0.3, 0.4) is 0 Å². The second-order valence-electron chi connectivity index (χ2n) is 2.45. The largest absolute Gasteiger partial charge is 0.481 e. The first kappa shape index (κ1) is 10.4. The van der Waals surface area contributed by atoms with Crippen molar-refractivity contribution in [2.45, 2.75) is 11.3 Å². The minimum Gasteiger partial charge on any atom is -0.481 e. The van der Waals surface area contributed by atoms with E-state index in [0.717, 1.165) is 4.90 Å². The Morgan fingerprint density at radius 2 is 2.00 bits per heavy atom. The molecule has 0 fully saturated rings. The van der Waals surface area contributed by atoms with Crippen LogP contribution in [0.15, 0.2) is 29.2 Å². The highest BCUT2D eigenvalue weighted by atomic mass is 35.5. The first-order chi connectivity index (χ1) is 6.18. The van der Waals surface area contributed by atoms with Crippen LogP contribution in [-0.4, -0.2) is 16.8 Å². The summed E-state index contributed by atoms with van der Waals surface area (Å²) in [4.78, 5) is 11.3. The highest BCUT2D eigenvalue weighted by Crippen LogP contribution is 2.20. The fourth-order valence-corrected chi connectivity index (χ4v) is 1.75. The van der Waals surface area contributed by atoms with Crippen LogP contribution < -0.4 is 0 Å².